The molecule has 0 aliphatic heterocycles. The monoisotopic (exact) mass is 231 g/mol. The van der Waals surface area contributed by atoms with E-state index in [0.717, 1.165) is 0 Å². The van der Waals surface area contributed by atoms with Gasteiger partial charge in [-0.1, -0.05) is 13.0 Å². The highest BCUT2D eigenvalue weighted by Gasteiger charge is 2.17. The van der Waals surface area contributed by atoms with Gasteiger partial charge in [0.05, 0.1) is 0 Å². The first-order valence-electron chi connectivity index (χ1n) is 5.41. The van der Waals surface area contributed by atoms with E-state index in [4.69, 9.17) is 0 Å². The molecule has 2 heterocycles. The first-order valence-corrected chi connectivity index (χ1v) is 5.41. The zero-order valence-electron chi connectivity index (χ0n) is 9.73. The molecule has 2 rings (SSSR count). The molecule has 5 nitrogen and oxygen atoms in total. The molecule has 0 amide bonds. The number of carbonyl (C=O) groups excluding carboxylic acids is 1. The lowest BCUT2D eigenvalue weighted by Crippen LogP contribution is -2.25. The van der Waals surface area contributed by atoms with Crippen molar-refractivity contribution in [3.63, 3.8) is 0 Å². The van der Waals surface area contributed by atoms with Crippen LogP contribution in [-0.4, -0.2) is 22.2 Å². The second-order valence-electron chi connectivity index (χ2n) is 3.60. The Morgan fingerprint density at radius 1 is 1.47 bits per heavy atom. The van der Waals surface area contributed by atoms with Gasteiger partial charge in [-0.05, 0) is 12.1 Å². The first kappa shape index (κ1) is 11.3. The summed E-state index contributed by atoms with van der Waals surface area (Å²) in [5.41, 5.74) is 0.319. The third-order valence-electron chi connectivity index (χ3n) is 2.57. The van der Waals surface area contributed by atoms with Crippen molar-refractivity contribution in [1.82, 2.24) is 9.38 Å². The Kier molecular flexibility index (Phi) is 2.91. The number of anilines is 1. The molecule has 0 bridgehead atoms. The van der Waals surface area contributed by atoms with Crippen molar-refractivity contribution in [3.8, 4) is 0 Å². The summed E-state index contributed by atoms with van der Waals surface area (Å²) in [6.07, 6.45) is 1.89. The van der Waals surface area contributed by atoms with Gasteiger partial charge in [0, 0.05) is 19.7 Å². The average molecular weight is 231 g/mol. The smallest absolute Gasteiger partial charge is 0.270 e. The summed E-state index contributed by atoms with van der Waals surface area (Å²) in [4.78, 5) is 28.2. The molecule has 88 valence electrons. The number of fused-ring (bicyclic) bond motifs is 1. The van der Waals surface area contributed by atoms with Gasteiger partial charge in [0.1, 0.15) is 17.0 Å². The van der Waals surface area contributed by atoms with E-state index in [1.165, 1.54) is 4.40 Å². The Bertz CT molecular complexity index is 631. The Morgan fingerprint density at radius 2 is 2.24 bits per heavy atom. The SMILES string of the molecule is CCC(=O)c1c(NC)nc2ccccn2c1=O. The maximum Gasteiger partial charge on any atom is 0.270 e. The van der Waals surface area contributed by atoms with Crippen LogP contribution in [0.4, 0.5) is 5.82 Å². The first-order chi connectivity index (χ1) is 8.19. The molecule has 0 radical (unpaired) electrons. The lowest BCUT2D eigenvalue weighted by atomic mass is 10.1. The highest BCUT2D eigenvalue weighted by Crippen LogP contribution is 2.11. The van der Waals surface area contributed by atoms with Gasteiger partial charge >= 0.3 is 0 Å². The predicted molar refractivity (Wildman–Crippen MR) is 65.6 cm³/mol. The number of nitrogens with zero attached hydrogens (tertiary/aromatic N) is 2. The third-order valence-corrected chi connectivity index (χ3v) is 2.57. The highest BCUT2D eigenvalue weighted by molar-refractivity contribution is 6.00. The van der Waals surface area contributed by atoms with Crippen LogP contribution in [0, 0.1) is 0 Å². The van der Waals surface area contributed by atoms with Crippen LogP contribution in [-0.2, 0) is 0 Å². The summed E-state index contributed by atoms with van der Waals surface area (Å²) in [6, 6.07) is 5.25. The number of hydrogen-bond acceptors (Lipinski definition) is 4. The molecule has 0 aliphatic carbocycles. The second-order valence-corrected chi connectivity index (χ2v) is 3.60. The summed E-state index contributed by atoms with van der Waals surface area (Å²) in [5.74, 6) is 0.137. The number of pyridine rings is 1. The van der Waals surface area contributed by atoms with E-state index < -0.39 is 0 Å². The molecule has 5 heteroatoms. The Balaban J connectivity index is 2.86. The van der Waals surface area contributed by atoms with Gasteiger partial charge in [0.2, 0.25) is 0 Å². The van der Waals surface area contributed by atoms with Gasteiger partial charge < -0.3 is 5.32 Å². The van der Waals surface area contributed by atoms with Gasteiger partial charge in [0.25, 0.3) is 5.56 Å². The number of aromatic nitrogens is 2. The van der Waals surface area contributed by atoms with Gasteiger partial charge in [-0.2, -0.15) is 0 Å². The van der Waals surface area contributed by atoms with Crippen LogP contribution in [0.25, 0.3) is 5.65 Å². The summed E-state index contributed by atoms with van der Waals surface area (Å²) < 4.78 is 1.38. The van der Waals surface area contributed by atoms with Crippen molar-refractivity contribution in [3.05, 3.63) is 40.3 Å². The van der Waals surface area contributed by atoms with E-state index >= 15 is 0 Å². The molecule has 0 unspecified atom stereocenters. The fraction of sp³-hybridized carbons (Fsp3) is 0.250. The highest BCUT2D eigenvalue weighted by atomic mass is 16.1. The van der Waals surface area contributed by atoms with E-state index in [0.29, 0.717) is 11.5 Å². The van der Waals surface area contributed by atoms with E-state index in [1.54, 1.807) is 38.4 Å². The molecule has 0 fully saturated rings. The number of nitrogens with one attached hydrogen (secondary N) is 1. The standard InChI is InChI=1S/C12H13N3O2/c1-3-8(16)10-11(13-2)14-9-6-4-5-7-15(9)12(10)17/h4-7,13H,3H2,1-2H3. The molecule has 2 aromatic heterocycles. The largest absolute Gasteiger partial charge is 0.372 e. The maximum atomic E-state index is 12.2. The Morgan fingerprint density at radius 3 is 2.88 bits per heavy atom. The molecular formula is C12H13N3O2. The van der Waals surface area contributed by atoms with E-state index in [2.05, 4.69) is 10.3 Å². The minimum Gasteiger partial charge on any atom is -0.372 e. The molecule has 17 heavy (non-hydrogen) atoms. The Hall–Kier alpha value is -2.17. The number of ketones is 1. The van der Waals surface area contributed by atoms with Crippen molar-refractivity contribution in [2.24, 2.45) is 0 Å². The minimum atomic E-state index is -0.327. The normalized spacial score (nSPS) is 10.5. The zero-order chi connectivity index (χ0) is 12.4. The molecule has 0 aromatic carbocycles. The lowest BCUT2D eigenvalue weighted by molar-refractivity contribution is 0.0987. The van der Waals surface area contributed by atoms with Crippen LogP contribution < -0.4 is 10.9 Å². The van der Waals surface area contributed by atoms with E-state index in [-0.39, 0.29) is 23.3 Å². The van der Waals surface area contributed by atoms with Gasteiger partial charge in [0.15, 0.2) is 5.78 Å². The third kappa shape index (κ3) is 1.80. The number of hydrogen-bond donors (Lipinski definition) is 1. The molecule has 0 atom stereocenters. The fourth-order valence-electron chi connectivity index (χ4n) is 1.70. The molecule has 0 saturated heterocycles. The number of carbonyl (C=O) groups is 1. The maximum absolute atomic E-state index is 12.2. The van der Waals surface area contributed by atoms with Gasteiger partial charge in [-0.15, -0.1) is 0 Å². The van der Waals surface area contributed by atoms with Crippen LogP contribution >= 0.6 is 0 Å². The van der Waals surface area contributed by atoms with E-state index in [1.807, 2.05) is 0 Å². The molecule has 1 N–H and O–H groups in total. The van der Waals surface area contributed by atoms with Crippen LogP contribution in [0.3, 0.4) is 0 Å². The van der Waals surface area contributed by atoms with Crippen molar-refractivity contribution in [2.45, 2.75) is 13.3 Å². The predicted octanol–water partition coefficient (Wildman–Crippen LogP) is 1.33. The molecule has 2 aromatic rings. The van der Waals surface area contributed by atoms with Crippen molar-refractivity contribution in [2.75, 3.05) is 12.4 Å². The molecule has 0 saturated carbocycles. The Labute approximate surface area is 98.1 Å². The summed E-state index contributed by atoms with van der Waals surface area (Å²) >= 11 is 0. The van der Waals surface area contributed by atoms with Crippen molar-refractivity contribution < 1.29 is 4.79 Å². The molecule has 0 aliphatic rings. The van der Waals surface area contributed by atoms with Crippen LogP contribution in [0.5, 0.6) is 0 Å². The van der Waals surface area contributed by atoms with Crippen LogP contribution in [0.15, 0.2) is 29.2 Å². The summed E-state index contributed by atoms with van der Waals surface area (Å²) in [5, 5.41) is 2.80. The summed E-state index contributed by atoms with van der Waals surface area (Å²) in [6.45, 7) is 1.72. The average Bonchev–Trinajstić information content (AvgIpc) is 2.37. The quantitative estimate of drug-likeness (QED) is 0.809. The topological polar surface area (TPSA) is 63.5 Å². The van der Waals surface area contributed by atoms with Crippen molar-refractivity contribution in [1.29, 1.82) is 0 Å². The molecule has 0 spiro atoms. The molecular weight excluding hydrogens is 218 g/mol. The van der Waals surface area contributed by atoms with Crippen LogP contribution in [0.1, 0.15) is 23.7 Å². The second kappa shape index (κ2) is 4.37. The van der Waals surface area contributed by atoms with Crippen molar-refractivity contribution >= 4 is 17.2 Å². The van der Waals surface area contributed by atoms with E-state index in [9.17, 15) is 9.59 Å². The fourth-order valence-corrected chi connectivity index (χ4v) is 1.70. The number of rotatable bonds is 3. The minimum absolute atomic E-state index is 0.124. The lowest BCUT2D eigenvalue weighted by Gasteiger charge is -2.08. The zero-order valence-corrected chi connectivity index (χ0v) is 9.73. The summed E-state index contributed by atoms with van der Waals surface area (Å²) in [7, 11) is 1.65. The van der Waals surface area contributed by atoms with Gasteiger partial charge in [-0.25, -0.2) is 4.98 Å². The van der Waals surface area contributed by atoms with Gasteiger partial charge in [-0.3, -0.25) is 14.0 Å². The number of Topliss-reactive ketones (excluding diaryl/α,β-unsaturated/α-hetero) is 1. The van der Waals surface area contributed by atoms with Crippen LogP contribution in [0.2, 0.25) is 0 Å².